The summed E-state index contributed by atoms with van der Waals surface area (Å²) in [6, 6.07) is 5.43. The van der Waals surface area contributed by atoms with Crippen LogP contribution in [-0.2, 0) is 19.0 Å². The molecular formula is C19H19NO8. The molecule has 1 heterocycles. The van der Waals surface area contributed by atoms with E-state index < -0.39 is 30.4 Å². The molecule has 1 N–H and O–H groups in total. The molecule has 9 nitrogen and oxygen atoms in total. The van der Waals surface area contributed by atoms with Gasteiger partial charge >= 0.3 is 17.9 Å². The van der Waals surface area contributed by atoms with Crippen molar-refractivity contribution in [2.24, 2.45) is 0 Å². The SMILES string of the molecule is COC(=O)c1cc(NC(=O)COC(=O)c2cc(C)oc2C)cc(C(=O)OC)c1. The topological polar surface area (TPSA) is 121 Å². The fraction of sp³-hybridized carbons (Fsp3) is 0.263. The number of aryl methyl sites for hydroxylation is 2. The molecular weight excluding hydrogens is 370 g/mol. The van der Waals surface area contributed by atoms with Gasteiger partial charge in [-0.3, -0.25) is 4.79 Å². The number of benzene rings is 1. The third-order valence-electron chi connectivity index (χ3n) is 3.65. The van der Waals surface area contributed by atoms with Crippen LogP contribution in [0.1, 0.15) is 42.6 Å². The van der Waals surface area contributed by atoms with Gasteiger partial charge in [0.25, 0.3) is 5.91 Å². The summed E-state index contributed by atoms with van der Waals surface area (Å²) in [6.07, 6.45) is 0. The molecule has 148 valence electrons. The third kappa shape index (κ3) is 4.97. The summed E-state index contributed by atoms with van der Waals surface area (Å²) in [5, 5.41) is 2.45. The van der Waals surface area contributed by atoms with Gasteiger partial charge < -0.3 is 23.9 Å². The molecule has 0 saturated heterocycles. The molecule has 0 aliphatic rings. The molecule has 0 saturated carbocycles. The summed E-state index contributed by atoms with van der Waals surface area (Å²) in [5.41, 5.74) is 0.454. The monoisotopic (exact) mass is 389 g/mol. The zero-order valence-electron chi connectivity index (χ0n) is 15.8. The van der Waals surface area contributed by atoms with Crippen LogP contribution in [0.5, 0.6) is 0 Å². The number of nitrogens with one attached hydrogen (secondary N) is 1. The van der Waals surface area contributed by atoms with Crippen molar-refractivity contribution in [3.63, 3.8) is 0 Å². The van der Waals surface area contributed by atoms with Crippen molar-refractivity contribution in [2.75, 3.05) is 26.1 Å². The molecule has 1 amide bonds. The van der Waals surface area contributed by atoms with Crippen LogP contribution in [0.3, 0.4) is 0 Å². The summed E-state index contributed by atoms with van der Waals surface area (Å²) in [4.78, 5) is 47.6. The van der Waals surface area contributed by atoms with Crippen LogP contribution in [0.25, 0.3) is 0 Å². The summed E-state index contributed by atoms with van der Waals surface area (Å²) >= 11 is 0. The standard InChI is InChI=1S/C19H19NO8/c1-10-5-15(11(2)28-10)19(24)27-9-16(21)20-14-7-12(17(22)25-3)6-13(8-14)18(23)26-4/h5-8H,9H2,1-4H3,(H,20,21). The first-order chi connectivity index (χ1) is 13.2. The van der Waals surface area contributed by atoms with Gasteiger partial charge in [0.15, 0.2) is 6.61 Å². The van der Waals surface area contributed by atoms with Crippen molar-refractivity contribution in [1.29, 1.82) is 0 Å². The van der Waals surface area contributed by atoms with E-state index in [1.54, 1.807) is 13.8 Å². The van der Waals surface area contributed by atoms with Crippen LogP contribution in [0.4, 0.5) is 5.69 Å². The quantitative estimate of drug-likeness (QED) is 0.590. The number of esters is 3. The first-order valence-electron chi connectivity index (χ1n) is 8.11. The lowest BCUT2D eigenvalue weighted by Crippen LogP contribution is -2.21. The Hall–Kier alpha value is -3.62. The molecule has 0 bridgehead atoms. The molecule has 1 aromatic carbocycles. The summed E-state index contributed by atoms with van der Waals surface area (Å²) in [6.45, 7) is 2.72. The van der Waals surface area contributed by atoms with Gasteiger partial charge in [-0.2, -0.15) is 0 Å². The number of carbonyl (C=O) groups is 4. The first kappa shape index (κ1) is 20.7. The Bertz CT molecular complexity index is 894. The Labute approximate surface area is 160 Å². The van der Waals surface area contributed by atoms with Crippen molar-refractivity contribution >= 4 is 29.5 Å². The van der Waals surface area contributed by atoms with Crippen LogP contribution in [0.2, 0.25) is 0 Å². The van der Waals surface area contributed by atoms with Gasteiger partial charge in [0.05, 0.1) is 25.3 Å². The second-order valence-electron chi connectivity index (χ2n) is 5.73. The second kappa shape index (κ2) is 8.85. The molecule has 0 spiro atoms. The van der Waals surface area contributed by atoms with Gasteiger partial charge in [0.1, 0.15) is 17.1 Å². The van der Waals surface area contributed by atoms with Gasteiger partial charge in [-0.25, -0.2) is 14.4 Å². The fourth-order valence-corrected chi connectivity index (χ4v) is 2.41. The number of rotatable bonds is 6. The van der Waals surface area contributed by atoms with Gasteiger partial charge in [-0.15, -0.1) is 0 Å². The Balaban J connectivity index is 2.10. The number of amides is 1. The number of carbonyl (C=O) groups excluding carboxylic acids is 4. The maximum Gasteiger partial charge on any atom is 0.342 e. The zero-order chi connectivity index (χ0) is 20.8. The number of furan rings is 1. The molecule has 2 rings (SSSR count). The lowest BCUT2D eigenvalue weighted by Gasteiger charge is -2.10. The van der Waals surface area contributed by atoms with Gasteiger partial charge in [-0.1, -0.05) is 0 Å². The highest BCUT2D eigenvalue weighted by molar-refractivity contribution is 6.00. The van der Waals surface area contributed by atoms with Crippen molar-refractivity contribution in [2.45, 2.75) is 13.8 Å². The molecule has 0 aliphatic carbocycles. The molecule has 0 radical (unpaired) electrons. The predicted molar refractivity (Wildman–Crippen MR) is 96.2 cm³/mol. The smallest absolute Gasteiger partial charge is 0.342 e. The van der Waals surface area contributed by atoms with E-state index in [4.69, 9.17) is 9.15 Å². The Morgan fingerprint density at radius 1 is 0.893 bits per heavy atom. The lowest BCUT2D eigenvalue weighted by atomic mass is 10.1. The van der Waals surface area contributed by atoms with Crippen LogP contribution in [0.15, 0.2) is 28.7 Å². The van der Waals surface area contributed by atoms with Gasteiger partial charge in [0, 0.05) is 5.69 Å². The number of methoxy groups -OCH3 is 2. The highest BCUT2D eigenvalue weighted by Gasteiger charge is 2.18. The lowest BCUT2D eigenvalue weighted by molar-refractivity contribution is -0.119. The highest BCUT2D eigenvalue weighted by Crippen LogP contribution is 2.18. The number of anilines is 1. The normalized spacial score (nSPS) is 10.1. The minimum Gasteiger partial charge on any atom is -0.466 e. The Morgan fingerprint density at radius 3 is 1.93 bits per heavy atom. The number of hydrogen-bond donors (Lipinski definition) is 1. The predicted octanol–water partition coefficient (Wildman–Crippen LogP) is 2.27. The van der Waals surface area contributed by atoms with Crippen molar-refractivity contribution in [3.05, 3.63) is 52.5 Å². The number of hydrogen-bond acceptors (Lipinski definition) is 8. The average molecular weight is 389 g/mol. The molecule has 0 aliphatic heterocycles. The van der Waals surface area contributed by atoms with Crippen LogP contribution >= 0.6 is 0 Å². The van der Waals surface area contributed by atoms with Crippen molar-refractivity contribution < 1.29 is 37.8 Å². The van der Waals surface area contributed by atoms with E-state index in [1.807, 2.05) is 0 Å². The summed E-state index contributed by atoms with van der Waals surface area (Å²) in [7, 11) is 2.37. The van der Waals surface area contributed by atoms with E-state index in [0.717, 1.165) is 0 Å². The molecule has 0 unspecified atom stereocenters. The Kier molecular flexibility index (Phi) is 6.54. The van der Waals surface area contributed by atoms with Crippen molar-refractivity contribution in [3.8, 4) is 0 Å². The largest absolute Gasteiger partial charge is 0.466 e. The maximum absolute atomic E-state index is 12.1. The molecule has 9 heteroatoms. The van der Waals surface area contributed by atoms with Crippen molar-refractivity contribution in [1.82, 2.24) is 0 Å². The maximum atomic E-state index is 12.1. The molecule has 1 aromatic heterocycles. The highest BCUT2D eigenvalue weighted by atomic mass is 16.5. The van der Waals surface area contributed by atoms with E-state index in [0.29, 0.717) is 11.5 Å². The number of ether oxygens (including phenoxy) is 3. The van der Waals surface area contributed by atoms with Crippen LogP contribution in [0, 0.1) is 13.8 Å². The minimum atomic E-state index is -0.705. The third-order valence-corrected chi connectivity index (χ3v) is 3.65. The Morgan fingerprint density at radius 2 is 1.46 bits per heavy atom. The van der Waals surface area contributed by atoms with Crippen LogP contribution < -0.4 is 5.32 Å². The fourth-order valence-electron chi connectivity index (χ4n) is 2.41. The summed E-state index contributed by atoms with van der Waals surface area (Å²) in [5.74, 6) is -1.83. The van der Waals surface area contributed by atoms with E-state index in [9.17, 15) is 19.2 Å². The summed E-state index contributed by atoms with van der Waals surface area (Å²) < 4.78 is 19.4. The second-order valence-corrected chi connectivity index (χ2v) is 5.73. The zero-order valence-corrected chi connectivity index (χ0v) is 15.8. The van der Waals surface area contributed by atoms with E-state index in [2.05, 4.69) is 14.8 Å². The first-order valence-corrected chi connectivity index (χ1v) is 8.11. The van der Waals surface area contributed by atoms with E-state index >= 15 is 0 Å². The van der Waals surface area contributed by atoms with E-state index in [1.165, 1.54) is 38.5 Å². The minimum absolute atomic E-state index is 0.0437. The molecule has 0 atom stereocenters. The molecule has 28 heavy (non-hydrogen) atoms. The van der Waals surface area contributed by atoms with Gasteiger partial charge in [-0.05, 0) is 38.1 Å². The van der Waals surface area contributed by atoms with E-state index in [-0.39, 0.29) is 22.4 Å². The molecule has 2 aromatic rings. The van der Waals surface area contributed by atoms with Crippen LogP contribution in [-0.4, -0.2) is 44.6 Å². The average Bonchev–Trinajstić information content (AvgIpc) is 3.02. The van der Waals surface area contributed by atoms with Gasteiger partial charge in [0.2, 0.25) is 0 Å². The molecule has 0 fully saturated rings.